The Kier molecular flexibility index (Phi) is 4.70. The molecule has 1 rings (SSSR count). The Hall–Kier alpha value is -1.14. The van der Waals surface area contributed by atoms with Gasteiger partial charge >= 0.3 is 5.97 Å². The van der Waals surface area contributed by atoms with Crippen LogP contribution >= 0.6 is 0 Å². The number of amides is 1. The molecule has 0 aromatic carbocycles. The fraction of sp³-hybridized carbons (Fsp3) is 0.800. The molecule has 2 atom stereocenters. The second-order valence-corrected chi connectivity index (χ2v) is 3.93. The number of carboxylic acid groups (broad SMARTS) is 1. The maximum absolute atomic E-state index is 11.4. The molecule has 0 aromatic rings. The average Bonchev–Trinajstić information content (AvgIpc) is 2.57. The Bertz CT molecular complexity index is 270. The standard InChI is InChI=1S/C10H18N2O4/c1-2-12-4-3-8(13)7(12)5-9(14)11-6-10(15)16/h7-8,13H,2-6H2,1H3,(H,11,14)(H,15,16)/t7-,8+/m1/s1. The van der Waals surface area contributed by atoms with E-state index in [9.17, 15) is 14.7 Å². The van der Waals surface area contributed by atoms with Crippen LogP contribution in [0.25, 0.3) is 0 Å². The molecule has 0 saturated carbocycles. The van der Waals surface area contributed by atoms with Crippen LogP contribution in [-0.4, -0.2) is 58.8 Å². The summed E-state index contributed by atoms with van der Waals surface area (Å²) < 4.78 is 0. The zero-order chi connectivity index (χ0) is 12.1. The first-order valence-corrected chi connectivity index (χ1v) is 5.45. The normalized spacial score (nSPS) is 25.6. The molecular weight excluding hydrogens is 212 g/mol. The summed E-state index contributed by atoms with van der Waals surface area (Å²) in [5, 5.41) is 20.4. The van der Waals surface area contributed by atoms with Gasteiger partial charge in [-0.3, -0.25) is 14.5 Å². The first kappa shape index (κ1) is 12.9. The van der Waals surface area contributed by atoms with Crippen LogP contribution in [0, 0.1) is 0 Å². The summed E-state index contributed by atoms with van der Waals surface area (Å²) in [6, 6.07) is -0.182. The number of rotatable bonds is 5. The number of hydrogen-bond donors (Lipinski definition) is 3. The van der Waals surface area contributed by atoms with Gasteiger partial charge in [-0.1, -0.05) is 6.92 Å². The molecule has 1 aliphatic rings. The number of likely N-dealkylation sites (tertiary alicyclic amines) is 1. The third-order valence-corrected chi connectivity index (χ3v) is 2.86. The summed E-state index contributed by atoms with van der Waals surface area (Å²) in [7, 11) is 0. The van der Waals surface area contributed by atoms with Crippen LogP contribution in [0.2, 0.25) is 0 Å². The molecule has 0 aliphatic carbocycles. The molecule has 92 valence electrons. The predicted octanol–water partition coefficient (Wildman–Crippen LogP) is -0.968. The number of nitrogens with one attached hydrogen (secondary N) is 1. The van der Waals surface area contributed by atoms with Crippen LogP contribution in [-0.2, 0) is 9.59 Å². The smallest absolute Gasteiger partial charge is 0.322 e. The van der Waals surface area contributed by atoms with Crippen molar-refractivity contribution in [1.82, 2.24) is 10.2 Å². The predicted molar refractivity (Wildman–Crippen MR) is 56.9 cm³/mol. The van der Waals surface area contributed by atoms with Gasteiger partial charge in [-0.15, -0.1) is 0 Å². The van der Waals surface area contributed by atoms with Crippen molar-refractivity contribution >= 4 is 11.9 Å². The number of aliphatic hydroxyl groups is 1. The van der Waals surface area contributed by atoms with Crippen molar-refractivity contribution in [2.45, 2.75) is 31.9 Å². The van der Waals surface area contributed by atoms with Crippen molar-refractivity contribution in [1.29, 1.82) is 0 Å². The van der Waals surface area contributed by atoms with Gasteiger partial charge in [0.2, 0.25) is 5.91 Å². The zero-order valence-corrected chi connectivity index (χ0v) is 9.35. The van der Waals surface area contributed by atoms with E-state index in [4.69, 9.17) is 5.11 Å². The maximum Gasteiger partial charge on any atom is 0.322 e. The summed E-state index contributed by atoms with van der Waals surface area (Å²) in [6.07, 6.45) is 0.336. The van der Waals surface area contributed by atoms with E-state index in [0.29, 0.717) is 6.42 Å². The fourth-order valence-electron chi connectivity index (χ4n) is 1.99. The molecule has 6 nitrogen and oxygen atoms in total. The van der Waals surface area contributed by atoms with Crippen LogP contribution in [0.3, 0.4) is 0 Å². The minimum atomic E-state index is -1.06. The van der Waals surface area contributed by atoms with E-state index >= 15 is 0 Å². The van der Waals surface area contributed by atoms with E-state index in [-0.39, 0.29) is 24.9 Å². The number of nitrogens with zero attached hydrogens (tertiary/aromatic N) is 1. The fourth-order valence-corrected chi connectivity index (χ4v) is 1.99. The Morgan fingerprint density at radius 2 is 2.19 bits per heavy atom. The van der Waals surface area contributed by atoms with E-state index in [1.807, 2.05) is 11.8 Å². The van der Waals surface area contributed by atoms with E-state index in [2.05, 4.69) is 5.32 Å². The maximum atomic E-state index is 11.4. The zero-order valence-electron chi connectivity index (χ0n) is 9.35. The largest absolute Gasteiger partial charge is 0.480 e. The Morgan fingerprint density at radius 3 is 2.75 bits per heavy atom. The molecule has 0 radical (unpaired) electrons. The van der Waals surface area contributed by atoms with Crippen molar-refractivity contribution in [3.8, 4) is 0 Å². The Balaban J connectivity index is 2.39. The average molecular weight is 230 g/mol. The second-order valence-electron chi connectivity index (χ2n) is 3.93. The van der Waals surface area contributed by atoms with E-state index in [1.54, 1.807) is 0 Å². The monoisotopic (exact) mass is 230 g/mol. The molecule has 1 aliphatic heterocycles. The molecule has 1 fully saturated rings. The molecule has 16 heavy (non-hydrogen) atoms. The van der Waals surface area contributed by atoms with Gasteiger partial charge in [0.25, 0.3) is 0 Å². The van der Waals surface area contributed by atoms with Crippen molar-refractivity contribution in [2.75, 3.05) is 19.6 Å². The lowest BCUT2D eigenvalue weighted by Crippen LogP contribution is -2.40. The van der Waals surface area contributed by atoms with Gasteiger partial charge in [0.05, 0.1) is 6.10 Å². The van der Waals surface area contributed by atoms with Gasteiger partial charge in [-0.25, -0.2) is 0 Å². The number of carbonyl (C=O) groups excluding carboxylic acids is 1. The highest BCUT2D eigenvalue weighted by molar-refractivity contribution is 5.81. The summed E-state index contributed by atoms with van der Waals surface area (Å²) in [5.41, 5.74) is 0. The first-order chi connectivity index (χ1) is 7.54. The third kappa shape index (κ3) is 3.46. The van der Waals surface area contributed by atoms with E-state index < -0.39 is 12.1 Å². The lowest BCUT2D eigenvalue weighted by Gasteiger charge is -2.23. The van der Waals surface area contributed by atoms with Crippen LogP contribution in [0.15, 0.2) is 0 Å². The number of carboxylic acids is 1. The topological polar surface area (TPSA) is 89.9 Å². The van der Waals surface area contributed by atoms with Gasteiger partial charge in [0, 0.05) is 19.0 Å². The minimum Gasteiger partial charge on any atom is -0.480 e. The van der Waals surface area contributed by atoms with Gasteiger partial charge in [0.15, 0.2) is 0 Å². The SMILES string of the molecule is CCN1CC[C@H](O)[C@H]1CC(=O)NCC(=O)O. The second kappa shape index (κ2) is 5.81. The number of likely N-dealkylation sites (N-methyl/N-ethyl adjacent to an activating group) is 1. The van der Waals surface area contributed by atoms with Crippen LogP contribution in [0.1, 0.15) is 19.8 Å². The van der Waals surface area contributed by atoms with Gasteiger partial charge in [-0.05, 0) is 13.0 Å². The quantitative estimate of drug-likeness (QED) is 0.565. The number of hydrogen-bond acceptors (Lipinski definition) is 4. The number of aliphatic hydroxyl groups excluding tert-OH is 1. The highest BCUT2D eigenvalue weighted by Gasteiger charge is 2.33. The summed E-state index contributed by atoms with van der Waals surface area (Å²) in [4.78, 5) is 23.7. The van der Waals surface area contributed by atoms with Crippen molar-refractivity contribution in [3.05, 3.63) is 0 Å². The van der Waals surface area contributed by atoms with Gasteiger partial charge in [-0.2, -0.15) is 0 Å². The molecule has 0 unspecified atom stereocenters. The van der Waals surface area contributed by atoms with Gasteiger partial charge in [0.1, 0.15) is 6.54 Å². The lowest BCUT2D eigenvalue weighted by atomic mass is 10.1. The molecular formula is C10H18N2O4. The Labute approximate surface area is 94.2 Å². The third-order valence-electron chi connectivity index (χ3n) is 2.86. The highest BCUT2D eigenvalue weighted by Crippen LogP contribution is 2.20. The highest BCUT2D eigenvalue weighted by atomic mass is 16.4. The first-order valence-electron chi connectivity index (χ1n) is 5.45. The summed E-state index contributed by atoms with van der Waals surface area (Å²) in [6.45, 7) is 3.18. The molecule has 0 bridgehead atoms. The van der Waals surface area contributed by atoms with E-state index in [0.717, 1.165) is 13.1 Å². The number of aliphatic carboxylic acids is 1. The van der Waals surface area contributed by atoms with Crippen molar-refractivity contribution in [2.24, 2.45) is 0 Å². The molecule has 6 heteroatoms. The minimum absolute atomic E-state index is 0.155. The molecule has 1 heterocycles. The molecule has 3 N–H and O–H groups in total. The van der Waals surface area contributed by atoms with Crippen molar-refractivity contribution < 1.29 is 19.8 Å². The molecule has 1 amide bonds. The van der Waals surface area contributed by atoms with Crippen molar-refractivity contribution in [3.63, 3.8) is 0 Å². The van der Waals surface area contributed by atoms with Crippen LogP contribution in [0.5, 0.6) is 0 Å². The molecule has 0 spiro atoms. The summed E-state index contributed by atoms with van der Waals surface area (Å²) >= 11 is 0. The van der Waals surface area contributed by atoms with Crippen LogP contribution in [0.4, 0.5) is 0 Å². The lowest BCUT2D eigenvalue weighted by molar-refractivity contribution is -0.138. The molecule has 0 aromatic heterocycles. The van der Waals surface area contributed by atoms with Crippen LogP contribution < -0.4 is 5.32 Å². The summed E-state index contributed by atoms with van der Waals surface area (Å²) in [5.74, 6) is -1.39. The van der Waals surface area contributed by atoms with E-state index in [1.165, 1.54) is 0 Å². The molecule has 1 saturated heterocycles. The number of carbonyl (C=O) groups is 2. The Morgan fingerprint density at radius 1 is 1.50 bits per heavy atom. The van der Waals surface area contributed by atoms with Gasteiger partial charge < -0.3 is 15.5 Å².